The van der Waals surface area contributed by atoms with Gasteiger partial charge in [0, 0.05) is 6.04 Å². The molecule has 0 spiro atoms. The van der Waals surface area contributed by atoms with Gasteiger partial charge in [0.2, 0.25) is 6.79 Å². The van der Waals surface area contributed by atoms with Crippen LogP contribution in [-0.2, 0) is 9.47 Å². The summed E-state index contributed by atoms with van der Waals surface area (Å²) in [6.45, 7) is 6.18. The largest absolute Gasteiger partial charge is 0.415 e. The third kappa shape index (κ3) is 3.47. The highest BCUT2D eigenvalue weighted by Gasteiger charge is 2.57. The van der Waals surface area contributed by atoms with Gasteiger partial charge >= 0.3 is 12.2 Å². The summed E-state index contributed by atoms with van der Waals surface area (Å²) in [5.41, 5.74) is -0.176. The van der Waals surface area contributed by atoms with Crippen molar-refractivity contribution in [3.05, 3.63) is 17.5 Å². The molecule has 3 heterocycles. The maximum atomic E-state index is 12.7. The summed E-state index contributed by atoms with van der Waals surface area (Å²) >= 11 is 1.40. The Morgan fingerprint density at radius 1 is 1.32 bits per heavy atom. The summed E-state index contributed by atoms with van der Waals surface area (Å²) in [6, 6.07) is 3.84. The topological polar surface area (TPSA) is 67.9 Å². The minimum atomic E-state index is -0.623. The molecule has 2 amide bonds. The van der Waals surface area contributed by atoms with Gasteiger partial charge in [0.15, 0.2) is 0 Å². The van der Waals surface area contributed by atoms with Gasteiger partial charge in [-0.3, -0.25) is 10.2 Å². The number of amides is 2. The Bertz CT molecular complexity index is 622. The van der Waals surface area contributed by atoms with E-state index in [1.54, 1.807) is 6.07 Å². The highest BCUT2D eigenvalue weighted by atomic mass is 32.1. The molecule has 1 aromatic heterocycles. The predicted molar refractivity (Wildman–Crippen MR) is 96.7 cm³/mol. The van der Waals surface area contributed by atoms with Crippen LogP contribution in [-0.4, -0.2) is 35.5 Å². The fraction of sp³-hybridized carbons (Fsp3) is 0.667. The number of ether oxygens (including phenoxy) is 2. The van der Waals surface area contributed by atoms with Crippen molar-refractivity contribution >= 4 is 28.5 Å². The van der Waals surface area contributed by atoms with Crippen LogP contribution in [0.25, 0.3) is 0 Å². The second-order valence-corrected chi connectivity index (χ2v) is 8.75. The molecule has 138 valence electrons. The van der Waals surface area contributed by atoms with Crippen molar-refractivity contribution in [2.75, 3.05) is 12.1 Å². The van der Waals surface area contributed by atoms with E-state index in [4.69, 9.17) is 9.47 Å². The van der Waals surface area contributed by atoms with Crippen molar-refractivity contribution in [3.63, 3.8) is 0 Å². The van der Waals surface area contributed by atoms with Gasteiger partial charge in [-0.2, -0.15) is 0 Å². The molecule has 1 N–H and O–H groups in total. The van der Waals surface area contributed by atoms with Crippen LogP contribution in [0.2, 0.25) is 0 Å². The molecule has 3 rings (SSSR count). The van der Waals surface area contributed by atoms with Gasteiger partial charge in [-0.15, -0.1) is 11.3 Å². The minimum absolute atomic E-state index is 0.0153. The van der Waals surface area contributed by atoms with Crippen LogP contribution in [0.3, 0.4) is 0 Å². The van der Waals surface area contributed by atoms with Gasteiger partial charge in [-0.25, -0.2) is 9.59 Å². The van der Waals surface area contributed by atoms with E-state index >= 15 is 0 Å². The number of rotatable bonds is 3. The van der Waals surface area contributed by atoms with E-state index in [1.165, 1.54) is 11.3 Å². The number of fused-ring (bicyclic) bond motifs is 2. The number of nitrogens with zero attached hydrogens (tertiary/aromatic N) is 1. The van der Waals surface area contributed by atoms with Crippen LogP contribution in [0, 0.1) is 5.41 Å². The number of nitrogens with one attached hydrogen (secondary N) is 1. The Kier molecular flexibility index (Phi) is 4.95. The Morgan fingerprint density at radius 3 is 2.80 bits per heavy atom. The van der Waals surface area contributed by atoms with E-state index in [2.05, 4.69) is 26.1 Å². The summed E-state index contributed by atoms with van der Waals surface area (Å²) in [4.78, 5) is 26.3. The molecule has 2 saturated heterocycles. The number of carbonyl (C=O) groups excluding carboxylic acids is 2. The average Bonchev–Trinajstić information content (AvgIpc) is 3.11. The maximum Gasteiger partial charge on any atom is 0.415 e. The van der Waals surface area contributed by atoms with Gasteiger partial charge in [0.1, 0.15) is 0 Å². The standard InChI is InChI=1S/C18H26N2O4S/c1-17(2,3)18-9-4-6-13(8-10-18)20(18)16(22)24-12-23-15(21)19-14-7-5-11-25-14/h5,7,11,13H,4,6,8-10,12H2,1-3H3,(H,19,21). The third-order valence-corrected chi connectivity index (χ3v) is 6.34. The molecule has 25 heavy (non-hydrogen) atoms. The van der Waals surface area contributed by atoms with Crippen LogP contribution < -0.4 is 5.32 Å². The van der Waals surface area contributed by atoms with Crippen LogP contribution in [0.15, 0.2) is 17.5 Å². The minimum Gasteiger partial charge on any atom is -0.411 e. The maximum absolute atomic E-state index is 12.7. The van der Waals surface area contributed by atoms with Gasteiger partial charge < -0.3 is 9.47 Å². The SMILES string of the molecule is CC(C)(C)C12CCCC(CC1)N2C(=O)OCOC(=O)Nc1cccs1. The van der Waals surface area contributed by atoms with Crippen molar-refractivity contribution in [2.45, 2.75) is 64.5 Å². The molecule has 0 radical (unpaired) electrons. The zero-order chi connectivity index (χ0) is 18.1. The molecule has 0 aliphatic carbocycles. The van der Waals surface area contributed by atoms with Gasteiger partial charge in [0.25, 0.3) is 0 Å². The first-order chi connectivity index (χ1) is 11.8. The molecule has 0 aromatic carbocycles. The zero-order valence-electron chi connectivity index (χ0n) is 15.0. The summed E-state index contributed by atoms with van der Waals surface area (Å²) < 4.78 is 10.3. The van der Waals surface area contributed by atoms with Gasteiger partial charge in [-0.05, 0) is 55.0 Å². The van der Waals surface area contributed by atoms with Crippen molar-refractivity contribution in [3.8, 4) is 0 Å². The second-order valence-electron chi connectivity index (χ2n) is 7.80. The van der Waals surface area contributed by atoms with Crippen molar-refractivity contribution in [2.24, 2.45) is 5.41 Å². The van der Waals surface area contributed by atoms with E-state index < -0.39 is 6.09 Å². The van der Waals surface area contributed by atoms with E-state index in [9.17, 15) is 9.59 Å². The lowest BCUT2D eigenvalue weighted by Gasteiger charge is -2.51. The predicted octanol–water partition coefficient (Wildman–Crippen LogP) is 4.82. The number of hydrogen-bond donors (Lipinski definition) is 1. The van der Waals surface area contributed by atoms with Gasteiger partial charge in [0.05, 0.1) is 10.5 Å². The number of thiophene rings is 1. The van der Waals surface area contributed by atoms with E-state index in [-0.39, 0.29) is 29.9 Å². The first-order valence-electron chi connectivity index (χ1n) is 8.77. The molecule has 2 atom stereocenters. The molecule has 0 saturated carbocycles. The second kappa shape index (κ2) is 6.86. The first kappa shape index (κ1) is 18.0. The monoisotopic (exact) mass is 366 g/mol. The first-order valence-corrected chi connectivity index (χ1v) is 9.65. The summed E-state index contributed by atoms with van der Waals surface area (Å²) in [7, 11) is 0. The lowest BCUT2D eigenvalue weighted by molar-refractivity contribution is -0.0474. The fourth-order valence-electron chi connectivity index (χ4n) is 4.28. The van der Waals surface area contributed by atoms with E-state index in [0.29, 0.717) is 5.00 Å². The van der Waals surface area contributed by atoms with Crippen molar-refractivity contribution in [1.29, 1.82) is 0 Å². The van der Waals surface area contributed by atoms with Crippen molar-refractivity contribution in [1.82, 2.24) is 4.90 Å². The molecular formula is C18H26N2O4S. The van der Waals surface area contributed by atoms with Crippen LogP contribution in [0.1, 0.15) is 52.9 Å². The Labute approximate surface area is 152 Å². The summed E-state index contributed by atoms with van der Waals surface area (Å²) in [6.07, 6.45) is 4.20. The molecule has 2 bridgehead atoms. The summed E-state index contributed by atoms with van der Waals surface area (Å²) in [5, 5.41) is 5.14. The highest BCUT2D eigenvalue weighted by Crippen LogP contribution is 2.53. The summed E-state index contributed by atoms with van der Waals surface area (Å²) in [5.74, 6) is 0. The molecule has 2 aliphatic rings. The van der Waals surface area contributed by atoms with Crippen LogP contribution >= 0.6 is 11.3 Å². The fourth-order valence-corrected chi connectivity index (χ4v) is 4.88. The van der Waals surface area contributed by atoms with Crippen LogP contribution in [0.4, 0.5) is 14.6 Å². The van der Waals surface area contributed by atoms with Crippen LogP contribution in [0.5, 0.6) is 0 Å². The molecular weight excluding hydrogens is 340 g/mol. The molecule has 2 fully saturated rings. The Hall–Kier alpha value is -1.76. The number of piperidine rings is 1. The average molecular weight is 366 g/mol. The van der Waals surface area contributed by atoms with Crippen molar-refractivity contribution < 1.29 is 19.1 Å². The number of anilines is 1. The molecule has 1 aromatic rings. The molecule has 6 nitrogen and oxygen atoms in total. The van der Waals surface area contributed by atoms with E-state index in [0.717, 1.165) is 32.1 Å². The highest BCUT2D eigenvalue weighted by molar-refractivity contribution is 7.14. The zero-order valence-corrected chi connectivity index (χ0v) is 15.9. The third-order valence-electron chi connectivity index (χ3n) is 5.56. The number of hydrogen-bond acceptors (Lipinski definition) is 5. The lowest BCUT2D eigenvalue weighted by atomic mass is 9.68. The number of carbonyl (C=O) groups is 2. The normalized spacial score (nSPS) is 25.6. The smallest absolute Gasteiger partial charge is 0.411 e. The molecule has 2 unspecified atom stereocenters. The Balaban J connectivity index is 1.56. The quantitative estimate of drug-likeness (QED) is 0.779. The molecule has 7 heteroatoms. The molecule has 2 aliphatic heterocycles. The van der Waals surface area contributed by atoms with Gasteiger partial charge in [-0.1, -0.05) is 20.8 Å². The lowest BCUT2D eigenvalue weighted by Crippen LogP contribution is -2.60. The van der Waals surface area contributed by atoms with E-state index in [1.807, 2.05) is 16.3 Å². The Morgan fingerprint density at radius 2 is 2.12 bits per heavy atom.